The minimum atomic E-state index is -0.0849. The van der Waals surface area contributed by atoms with Crippen molar-refractivity contribution in [3.63, 3.8) is 0 Å². The molecule has 0 atom stereocenters. The highest BCUT2D eigenvalue weighted by Crippen LogP contribution is 2.21. The van der Waals surface area contributed by atoms with Gasteiger partial charge in [-0.3, -0.25) is 4.79 Å². The molecule has 4 heteroatoms. The van der Waals surface area contributed by atoms with Crippen molar-refractivity contribution in [1.82, 2.24) is 9.97 Å². The van der Waals surface area contributed by atoms with E-state index in [1.807, 2.05) is 33.8 Å². The average molecular weight is 232 g/mol. The summed E-state index contributed by atoms with van der Waals surface area (Å²) in [6.45, 7) is 7.74. The third-order valence-corrected chi connectivity index (χ3v) is 2.80. The van der Waals surface area contributed by atoms with Gasteiger partial charge in [0.05, 0.1) is 6.26 Å². The van der Waals surface area contributed by atoms with E-state index in [2.05, 4.69) is 9.97 Å². The van der Waals surface area contributed by atoms with E-state index in [0.29, 0.717) is 11.6 Å². The Morgan fingerprint density at radius 1 is 1.35 bits per heavy atom. The van der Waals surface area contributed by atoms with Crippen molar-refractivity contribution in [1.29, 1.82) is 0 Å². The van der Waals surface area contributed by atoms with Crippen molar-refractivity contribution in [3.8, 4) is 11.6 Å². The summed E-state index contributed by atoms with van der Waals surface area (Å²) in [6.07, 6.45) is 1.59. The molecule has 0 amide bonds. The number of nitrogens with one attached hydrogen (secondary N) is 1. The van der Waals surface area contributed by atoms with Crippen LogP contribution in [-0.4, -0.2) is 9.97 Å². The number of furan rings is 1. The Morgan fingerprint density at radius 3 is 2.53 bits per heavy atom. The zero-order valence-electron chi connectivity index (χ0n) is 10.5. The van der Waals surface area contributed by atoms with Gasteiger partial charge >= 0.3 is 0 Å². The third-order valence-electron chi connectivity index (χ3n) is 2.80. The first-order valence-electron chi connectivity index (χ1n) is 5.66. The van der Waals surface area contributed by atoms with E-state index in [1.54, 1.807) is 6.26 Å². The van der Waals surface area contributed by atoms with E-state index in [0.717, 1.165) is 16.8 Å². The van der Waals surface area contributed by atoms with Crippen LogP contribution in [0.3, 0.4) is 0 Å². The number of rotatable bonds is 2. The summed E-state index contributed by atoms with van der Waals surface area (Å²) in [5.41, 5.74) is 2.37. The number of aromatic nitrogens is 2. The standard InChI is InChI=1S/C13H16N2O2/c1-7(2)10-9(4)14-12(15-13(10)16)11-8(3)5-6-17-11/h5-7H,1-4H3,(H,14,15,16). The van der Waals surface area contributed by atoms with Gasteiger partial charge in [0, 0.05) is 11.3 Å². The fraction of sp³-hybridized carbons (Fsp3) is 0.385. The fourth-order valence-corrected chi connectivity index (χ4v) is 2.00. The van der Waals surface area contributed by atoms with Crippen LogP contribution in [0.1, 0.15) is 36.6 Å². The monoisotopic (exact) mass is 232 g/mol. The van der Waals surface area contributed by atoms with Gasteiger partial charge < -0.3 is 9.40 Å². The van der Waals surface area contributed by atoms with Gasteiger partial charge in [-0.15, -0.1) is 0 Å². The second-order valence-corrected chi connectivity index (χ2v) is 4.50. The van der Waals surface area contributed by atoms with Crippen LogP contribution in [0.25, 0.3) is 11.6 Å². The molecule has 17 heavy (non-hydrogen) atoms. The maximum absolute atomic E-state index is 12.0. The van der Waals surface area contributed by atoms with Crippen molar-refractivity contribution in [2.24, 2.45) is 0 Å². The molecule has 0 bridgehead atoms. The molecule has 0 saturated carbocycles. The quantitative estimate of drug-likeness (QED) is 0.866. The molecule has 4 nitrogen and oxygen atoms in total. The Bertz CT molecular complexity index is 594. The molecule has 1 N–H and O–H groups in total. The second-order valence-electron chi connectivity index (χ2n) is 4.50. The summed E-state index contributed by atoms with van der Waals surface area (Å²) in [7, 11) is 0. The van der Waals surface area contributed by atoms with Gasteiger partial charge in [-0.25, -0.2) is 4.98 Å². The lowest BCUT2D eigenvalue weighted by Gasteiger charge is -2.08. The predicted molar refractivity (Wildman–Crippen MR) is 66.1 cm³/mol. The highest BCUT2D eigenvalue weighted by molar-refractivity contribution is 5.52. The van der Waals surface area contributed by atoms with E-state index in [-0.39, 0.29) is 11.5 Å². The molecule has 2 heterocycles. The van der Waals surface area contributed by atoms with Gasteiger partial charge in [0.1, 0.15) is 0 Å². The van der Waals surface area contributed by atoms with Crippen LogP contribution < -0.4 is 5.56 Å². The summed E-state index contributed by atoms with van der Waals surface area (Å²) in [5, 5.41) is 0. The molecule has 90 valence electrons. The first-order chi connectivity index (χ1) is 8.00. The van der Waals surface area contributed by atoms with E-state index < -0.39 is 0 Å². The van der Waals surface area contributed by atoms with Gasteiger partial charge in [-0.2, -0.15) is 0 Å². The summed E-state index contributed by atoms with van der Waals surface area (Å²) in [5.74, 6) is 1.29. The number of hydrogen-bond donors (Lipinski definition) is 1. The molecule has 2 rings (SSSR count). The molecule has 0 aromatic carbocycles. The van der Waals surface area contributed by atoms with Gasteiger partial charge in [0.25, 0.3) is 5.56 Å². The topological polar surface area (TPSA) is 58.9 Å². The van der Waals surface area contributed by atoms with Crippen LogP contribution in [0.5, 0.6) is 0 Å². The zero-order chi connectivity index (χ0) is 12.6. The first kappa shape index (κ1) is 11.6. The molecule has 0 radical (unpaired) electrons. The van der Waals surface area contributed by atoms with E-state index >= 15 is 0 Å². The number of aryl methyl sites for hydroxylation is 2. The molecule has 0 unspecified atom stereocenters. The Hall–Kier alpha value is -1.84. The van der Waals surface area contributed by atoms with Crippen LogP contribution in [0, 0.1) is 13.8 Å². The third kappa shape index (κ3) is 2.02. The largest absolute Gasteiger partial charge is 0.461 e. The van der Waals surface area contributed by atoms with Gasteiger partial charge in [-0.1, -0.05) is 13.8 Å². The van der Waals surface area contributed by atoms with Crippen molar-refractivity contribution in [3.05, 3.63) is 39.5 Å². The van der Waals surface area contributed by atoms with Crippen molar-refractivity contribution < 1.29 is 4.42 Å². The Kier molecular flexibility index (Phi) is 2.88. The normalized spacial score (nSPS) is 11.1. The number of nitrogens with zero attached hydrogens (tertiary/aromatic N) is 1. The van der Waals surface area contributed by atoms with Crippen molar-refractivity contribution >= 4 is 0 Å². The van der Waals surface area contributed by atoms with E-state index in [1.165, 1.54) is 0 Å². The van der Waals surface area contributed by atoms with Gasteiger partial charge in [-0.05, 0) is 31.4 Å². The lowest BCUT2D eigenvalue weighted by molar-refractivity contribution is 0.574. The molecule has 2 aromatic rings. The summed E-state index contributed by atoms with van der Waals surface area (Å²) in [6, 6.07) is 1.85. The van der Waals surface area contributed by atoms with Crippen LogP contribution in [0.15, 0.2) is 21.5 Å². The highest BCUT2D eigenvalue weighted by Gasteiger charge is 2.14. The molecular weight excluding hydrogens is 216 g/mol. The summed E-state index contributed by atoms with van der Waals surface area (Å²) in [4.78, 5) is 19.2. The van der Waals surface area contributed by atoms with Gasteiger partial charge in [0.15, 0.2) is 11.6 Å². The minimum Gasteiger partial charge on any atom is -0.461 e. The van der Waals surface area contributed by atoms with Crippen molar-refractivity contribution in [2.45, 2.75) is 33.6 Å². The Labute approximate surface area is 99.7 Å². The molecular formula is C13H16N2O2. The number of hydrogen-bond acceptors (Lipinski definition) is 3. The Balaban J connectivity index is 2.61. The lowest BCUT2D eigenvalue weighted by atomic mass is 10.0. The highest BCUT2D eigenvalue weighted by atomic mass is 16.3. The van der Waals surface area contributed by atoms with Crippen LogP contribution in [0.4, 0.5) is 0 Å². The Morgan fingerprint density at radius 2 is 2.06 bits per heavy atom. The zero-order valence-corrected chi connectivity index (χ0v) is 10.5. The maximum Gasteiger partial charge on any atom is 0.254 e. The molecule has 0 aliphatic carbocycles. The minimum absolute atomic E-state index is 0.0849. The van der Waals surface area contributed by atoms with E-state index in [4.69, 9.17) is 4.42 Å². The molecule has 0 aliphatic heterocycles. The first-order valence-corrected chi connectivity index (χ1v) is 5.66. The van der Waals surface area contributed by atoms with Crippen LogP contribution >= 0.6 is 0 Å². The number of H-pyrrole nitrogens is 1. The smallest absolute Gasteiger partial charge is 0.254 e. The van der Waals surface area contributed by atoms with E-state index in [9.17, 15) is 4.79 Å². The predicted octanol–water partition coefficient (Wildman–Crippen LogP) is 2.77. The lowest BCUT2D eigenvalue weighted by Crippen LogP contribution is -2.18. The van der Waals surface area contributed by atoms with Crippen molar-refractivity contribution in [2.75, 3.05) is 0 Å². The summed E-state index contributed by atoms with van der Waals surface area (Å²) < 4.78 is 5.33. The number of aromatic amines is 1. The fourth-order valence-electron chi connectivity index (χ4n) is 2.00. The summed E-state index contributed by atoms with van der Waals surface area (Å²) >= 11 is 0. The molecule has 2 aromatic heterocycles. The average Bonchev–Trinajstić information content (AvgIpc) is 2.62. The van der Waals surface area contributed by atoms with Gasteiger partial charge in [0.2, 0.25) is 0 Å². The van der Waals surface area contributed by atoms with Crippen LogP contribution in [0.2, 0.25) is 0 Å². The molecule has 0 spiro atoms. The molecule has 0 saturated heterocycles. The van der Waals surface area contributed by atoms with Crippen LogP contribution in [-0.2, 0) is 0 Å². The maximum atomic E-state index is 12.0. The second kappa shape index (κ2) is 4.20. The molecule has 0 fully saturated rings. The SMILES string of the molecule is Cc1ccoc1-c1nc(C)c(C(C)C)c(=O)[nH]1. The molecule has 0 aliphatic rings.